The Labute approximate surface area is 119 Å². The normalized spacial score (nSPS) is 18.3. The van der Waals surface area contributed by atoms with E-state index >= 15 is 0 Å². The van der Waals surface area contributed by atoms with E-state index in [0.717, 1.165) is 29.3 Å². The molecule has 3 rings (SSSR count). The van der Waals surface area contributed by atoms with E-state index in [2.05, 4.69) is 17.1 Å². The molecule has 0 radical (unpaired) electrons. The summed E-state index contributed by atoms with van der Waals surface area (Å²) in [5, 5.41) is 2.08. The van der Waals surface area contributed by atoms with Crippen LogP contribution in [-0.2, 0) is 16.7 Å². The van der Waals surface area contributed by atoms with Gasteiger partial charge in [0.15, 0.2) is 4.64 Å². The number of hydrogen-bond acceptors (Lipinski definition) is 2. The van der Waals surface area contributed by atoms with Crippen molar-refractivity contribution < 1.29 is 8.42 Å². The first-order valence-electron chi connectivity index (χ1n) is 6.94. The largest absolute Gasteiger partial charge is 0.346 e. The quantitative estimate of drug-likeness (QED) is 0.679. The molecule has 0 bridgehead atoms. The fourth-order valence-electron chi connectivity index (χ4n) is 2.86. The first-order valence-corrected chi connectivity index (χ1v) is 8.01. The molecule has 1 aliphatic rings. The zero-order valence-corrected chi connectivity index (χ0v) is 12.0. The standard InChI is InChI=1S/C16H17NO2S/c18-20(19)16-11-13-8-4-5-9-14(13)15(17-16)10-12-6-2-1-3-7-12/h2,4-6,8-9,11-12,17H,1,3,7,10H2. The van der Waals surface area contributed by atoms with Crippen LogP contribution in [0.5, 0.6) is 0 Å². The van der Waals surface area contributed by atoms with E-state index in [4.69, 9.17) is 0 Å². The van der Waals surface area contributed by atoms with E-state index in [9.17, 15) is 8.42 Å². The first-order chi connectivity index (χ1) is 9.74. The highest BCUT2D eigenvalue weighted by Crippen LogP contribution is 2.24. The van der Waals surface area contributed by atoms with Crippen molar-refractivity contribution in [3.05, 3.63) is 52.8 Å². The van der Waals surface area contributed by atoms with Crippen LogP contribution in [-0.4, -0.2) is 13.4 Å². The number of pyridine rings is 1. The summed E-state index contributed by atoms with van der Waals surface area (Å²) in [5.41, 5.74) is 1.01. The molecule has 3 nitrogen and oxygen atoms in total. The number of nitrogens with one attached hydrogen (secondary N) is 1. The lowest BCUT2D eigenvalue weighted by atomic mass is 9.90. The highest BCUT2D eigenvalue weighted by molar-refractivity contribution is 7.63. The average molecular weight is 287 g/mol. The van der Waals surface area contributed by atoms with Gasteiger partial charge in [-0.1, -0.05) is 36.4 Å². The molecule has 0 fully saturated rings. The summed E-state index contributed by atoms with van der Waals surface area (Å²) in [4.78, 5) is 3.09. The van der Waals surface area contributed by atoms with Crippen LogP contribution >= 0.6 is 0 Å². The minimum atomic E-state index is -2.23. The number of benzene rings is 1. The minimum absolute atomic E-state index is 0.262. The summed E-state index contributed by atoms with van der Waals surface area (Å²) < 4.78 is 22.8. The molecule has 1 unspecified atom stereocenters. The van der Waals surface area contributed by atoms with Crippen LogP contribution in [0.3, 0.4) is 0 Å². The van der Waals surface area contributed by atoms with E-state index < -0.39 is 10.3 Å². The highest BCUT2D eigenvalue weighted by Gasteiger charge is 2.12. The number of fused-ring (bicyclic) bond motifs is 1. The van der Waals surface area contributed by atoms with Crippen molar-refractivity contribution >= 4 is 21.1 Å². The molecule has 1 aliphatic carbocycles. The topological polar surface area (TPSA) is 49.9 Å². The summed E-state index contributed by atoms with van der Waals surface area (Å²) in [6, 6.07) is 9.62. The fourth-order valence-corrected chi connectivity index (χ4v) is 3.29. The van der Waals surface area contributed by atoms with Crippen molar-refractivity contribution in [2.75, 3.05) is 0 Å². The predicted molar refractivity (Wildman–Crippen MR) is 80.6 cm³/mol. The number of aromatic nitrogens is 1. The van der Waals surface area contributed by atoms with E-state index in [1.54, 1.807) is 6.07 Å². The Morgan fingerprint density at radius 3 is 2.85 bits per heavy atom. The number of rotatable bonds is 2. The summed E-state index contributed by atoms with van der Waals surface area (Å²) in [7, 11) is -2.23. The third-order valence-electron chi connectivity index (χ3n) is 3.85. The van der Waals surface area contributed by atoms with Gasteiger partial charge in [-0.2, -0.15) is 8.42 Å². The van der Waals surface area contributed by atoms with Crippen molar-refractivity contribution in [2.45, 2.75) is 25.7 Å². The minimum Gasteiger partial charge on any atom is -0.346 e. The lowest BCUT2D eigenvalue weighted by Gasteiger charge is -2.17. The predicted octanol–water partition coefficient (Wildman–Crippen LogP) is 3.48. The molecular formula is C16H17NO2S. The number of aromatic amines is 1. The third kappa shape index (κ3) is 2.70. The van der Waals surface area contributed by atoms with E-state index in [-0.39, 0.29) is 4.64 Å². The maximum atomic E-state index is 11.2. The zero-order chi connectivity index (χ0) is 13.9. The summed E-state index contributed by atoms with van der Waals surface area (Å²) in [6.07, 6.45) is 8.89. The molecular weight excluding hydrogens is 270 g/mol. The molecule has 0 saturated carbocycles. The van der Waals surface area contributed by atoms with Crippen molar-refractivity contribution in [1.29, 1.82) is 0 Å². The maximum Gasteiger partial charge on any atom is 0.238 e. The Hall–Kier alpha value is -1.81. The van der Waals surface area contributed by atoms with Crippen molar-refractivity contribution in [2.24, 2.45) is 5.92 Å². The zero-order valence-electron chi connectivity index (χ0n) is 11.2. The maximum absolute atomic E-state index is 11.2. The Kier molecular flexibility index (Phi) is 3.74. The van der Waals surface area contributed by atoms with Gasteiger partial charge in [0.25, 0.3) is 0 Å². The summed E-state index contributed by atoms with van der Waals surface area (Å²) >= 11 is 0. The molecule has 2 aromatic rings. The van der Waals surface area contributed by atoms with Gasteiger partial charge < -0.3 is 4.98 Å². The van der Waals surface area contributed by atoms with Crippen molar-refractivity contribution in [3.63, 3.8) is 0 Å². The van der Waals surface area contributed by atoms with Crippen molar-refractivity contribution in [3.8, 4) is 0 Å². The van der Waals surface area contributed by atoms with E-state index in [1.165, 1.54) is 12.8 Å². The Morgan fingerprint density at radius 1 is 1.25 bits per heavy atom. The van der Waals surface area contributed by atoms with Crippen LogP contribution in [0.15, 0.2) is 42.5 Å². The highest BCUT2D eigenvalue weighted by atomic mass is 32.2. The molecule has 1 atom stereocenters. The number of hydrogen-bond donors (Lipinski definition) is 1. The van der Waals surface area contributed by atoms with E-state index in [0.29, 0.717) is 5.92 Å². The van der Waals surface area contributed by atoms with Crippen molar-refractivity contribution in [1.82, 2.24) is 4.98 Å². The Morgan fingerprint density at radius 2 is 2.10 bits per heavy atom. The van der Waals surface area contributed by atoms with Crippen LogP contribution in [0, 0.1) is 10.6 Å². The average Bonchev–Trinajstić information content (AvgIpc) is 2.48. The van der Waals surface area contributed by atoms with Gasteiger partial charge in [0.2, 0.25) is 10.3 Å². The molecule has 1 aromatic carbocycles. The van der Waals surface area contributed by atoms with Gasteiger partial charge in [0.1, 0.15) is 0 Å². The van der Waals surface area contributed by atoms with Gasteiger partial charge in [-0.15, -0.1) is 0 Å². The molecule has 0 spiro atoms. The lowest BCUT2D eigenvalue weighted by Crippen LogP contribution is -2.07. The molecule has 1 N–H and O–H groups in total. The van der Waals surface area contributed by atoms with Crippen LogP contribution in [0.1, 0.15) is 25.0 Å². The van der Waals surface area contributed by atoms with Crippen LogP contribution < -0.4 is 0 Å². The summed E-state index contributed by atoms with van der Waals surface area (Å²) in [6.45, 7) is 0. The van der Waals surface area contributed by atoms with E-state index in [1.807, 2.05) is 24.3 Å². The second kappa shape index (κ2) is 5.67. The van der Waals surface area contributed by atoms with Gasteiger partial charge in [-0.25, -0.2) is 0 Å². The smallest absolute Gasteiger partial charge is 0.238 e. The molecule has 0 amide bonds. The second-order valence-electron chi connectivity index (χ2n) is 5.26. The fraction of sp³-hybridized carbons (Fsp3) is 0.312. The number of allylic oxidation sites excluding steroid dienone is 2. The molecule has 1 aromatic heterocycles. The Balaban J connectivity index is 2.15. The molecule has 104 valence electrons. The monoisotopic (exact) mass is 287 g/mol. The van der Waals surface area contributed by atoms with Crippen LogP contribution in [0.4, 0.5) is 0 Å². The SMILES string of the molecule is O=S(=O)=c1cc2ccccc2c(CC2C=CCCC2)[nH]1. The van der Waals surface area contributed by atoms with Gasteiger partial charge in [0, 0.05) is 11.1 Å². The molecule has 4 heteroatoms. The van der Waals surface area contributed by atoms with Crippen LogP contribution in [0.25, 0.3) is 10.8 Å². The molecule has 0 saturated heterocycles. The molecule has 1 heterocycles. The Bertz CT molecular complexity index is 823. The molecule has 0 aliphatic heterocycles. The first kappa shape index (κ1) is 13.2. The van der Waals surface area contributed by atoms with Gasteiger partial charge in [-0.05, 0) is 43.1 Å². The summed E-state index contributed by atoms with van der Waals surface area (Å²) in [5.74, 6) is 0.499. The molecule has 20 heavy (non-hydrogen) atoms. The number of H-pyrrole nitrogens is 1. The van der Waals surface area contributed by atoms with Gasteiger partial charge >= 0.3 is 0 Å². The van der Waals surface area contributed by atoms with Crippen LogP contribution in [0.2, 0.25) is 0 Å². The van der Waals surface area contributed by atoms with Gasteiger partial charge in [0.05, 0.1) is 0 Å². The van der Waals surface area contributed by atoms with Gasteiger partial charge in [-0.3, -0.25) is 0 Å². The lowest BCUT2D eigenvalue weighted by molar-refractivity contribution is 0.535. The second-order valence-corrected chi connectivity index (χ2v) is 6.17. The third-order valence-corrected chi connectivity index (χ3v) is 4.43.